The fourth-order valence-electron chi connectivity index (χ4n) is 2.60. The summed E-state index contributed by atoms with van der Waals surface area (Å²) in [4.78, 5) is 0. The molecule has 128 valence electrons. The Morgan fingerprint density at radius 2 is 1.29 bits per heavy atom. The Morgan fingerprint density at radius 3 is 1.76 bits per heavy atom. The van der Waals surface area contributed by atoms with Gasteiger partial charge in [0.15, 0.2) is 0 Å². The quantitative estimate of drug-likeness (QED) is 0.366. The van der Waals surface area contributed by atoms with E-state index in [2.05, 4.69) is 28.1 Å². The molecule has 1 N–H and O–H groups in total. The third-order valence-corrected chi connectivity index (χ3v) is 3.71. The van der Waals surface area contributed by atoms with Gasteiger partial charge in [0, 0.05) is 6.61 Å². The van der Waals surface area contributed by atoms with Crippen LogP contribution < -0.4 is 0 Å². The minimum Gasteiger partial charge on any atom is -0.385 e. The molecule has 0 aromatic carbocycles. The molecule has 0 radical (unpaired) electrons. The van der Waals surface area contributed by atoms with Gasteiger partial charge in [-0.1, -0.05) is 64.7 Å². The molecular formula is C18H40NO2+. The summed E-state index contributed by atoms with van der Waals surface area (Å²) in [5, 5.41) is 9.81. The Kier molecular flexibility index (Phi) is 13.5. The maximum absolute atomic E-state index is 9.81. The second kappa shape index (κ2) is 13.5. The lowest BCUT2D eigenvalue weighted by atomic mass is 10.1. The van der Waals surface area contributed by atoms with E-state index in [1.165, 1.54) is 57.8 Å². The van der Waals surface area contributed by atoms with Crippen molar-refractivity contribution in [3.63, 3.8) is 0 Å². The first-order valence-electron chi connectivity index (χ1n) is 9.02. The third-order valence-electron chi connectivity index (χ3n) is 3.71. The molecule has 0 aromatic rings. The molecule has 0 heterocycles. The number of hydrogen-bond donors (Lipinski definition) is 1. The number of unbranched alkanes of at least 4 members (excludes halogenated alkanes) is 9. The zero-order valence-corrected chi connectivity index (χ0v) is 15.1. The number of quaternary nitrogens is 1. The van der Waals surface area contributed by atoms with Crippen LogP contribution in [0.4, 0.5) is 0 Å². The number of likely N-dealkylation sites (N-methyl/N-ethyl adjacent to an activating group) is 1. The molecule has 0 aliphatic carbocycles. The predicted octanol–water partition coefficient (Wildman–Crippen LogP) is 3.99. The van der Waals surface area contributed by atoms with Crippen LogP contribution in [0.3, 0.4) is 0 Å². The number of aliphatic hydroxyl groups is 1. The maximum Gasteiger partial charge on any atom is 0.126 e. The van der Waals surface area contributed by atoms with E-state index in [1.807, 2.05) is 0 Å². The van der Waals surface area contributed by atoms with Crippen molar-refractivity contribution in [3.8, 4) is 0 Å². The van der Waals surface area contributed by atoms with Crippen molar-refractivity contribution >= 4 is 0 Å². The van der Waals surface area contributed by atoms with Gasteiger partial charge in [-0.2, -0.15) is 0 Å². The van der Waals surface area contributed by atoms with Crippen molar-refractivity contribution in [2.75, 3.05) is 40.9 Å². The van der Waals surface area contributed by atoms with E-state index < -0.39 is 0 Å². The van der Waals surface area contributed by atoms with Crippen LogP contribution in [0.1, 0.15) is 71.1 Å². The molecule has 0 rings (SSSR count). The van der Waals surface area contributed by atoms with E-state index >= 15 is 0 Å². The van der Waals surface area contributed by atoms with Gasteiger partial charge in [-0.25, -0.2) is 0 Å². The average molecular weight is 303 g/mol. The minimum absolute atomic E-state index is 0.340. The SMILES string of the molecule is CCCCCCCCCCCCOCC(O)C[N+](C)(C)C. The van der Waals surface area contributed by atoms with E-state index in [9.17, 15) is 5.11 Å². The lowest BCUT2D eigenvalue weighted by molar-refractivity contribution is -0.873. The van der Waals surface area contributed by atoms with E-state index in [-0.39, 0.29) is 6.10 Å². The van der Waals surface area contributed by atoms with Gasteiger partial charge in [-0.05, 0) is 6.42 Å². The summed E-state index contributed by atoms with van der Waals surface area (Å²) in [6, 6.07) is 0. The van der Waals surface area contributed by atoms with Gasteiger partial charge in [0.05, 0.1) is 27.7 Å². The molecule has 0 aromatic heterocycles. The van der Waals surface area contributed by atoms with Crippen molar-refractivity contribution in [1.82, 2.24) is 0 Å². The maximum atomic E-state index is 9.81. The summed E-state index contributed by atoms with van der Waals surface area (Å²) in [6.07, 6.45) is 13.1. The van der Waals surface area contributed by atoms with Gasteiger partial charge in [-0.3, -0.25) is 0 Å². The van der Waals surface area contributed by atoms with Crippen molar-refractivity contribution in [2.45, 2.75) is 77.2 Å². The highest BCUT2D eigenvalue weighted by Gasteiger charge is 2.14. The first-order chi connectivity index (χ1) is 9.95. The molecule has 0 aliphatic rings. The fraction of sp³-hybridized carbons (Fsp3) is 1.00. The first kappa shape index (κ1) is 20.9. The first-order valence-corrected chi connectivity index (χ1v) is 9.02. The monoisotopic (exact) mass is 302 g/mol. The van der Waals surface area contributed by atoms with Crippen molar-refractivity contribution < 1.29 is 14.3 Å². The van der Waals surface area contributed by atoms with Crippen LogP contribution in [0.25, 0.3) is 0 Å². The highest BCUT2D eigenvalue weighted by molar-refractivity contribution is 4.52. The van der Waals surface area contributed by atoms with E-state index in [0.29, 0.717) is 6.61 Å². The van der Waals surface area contributed by atoms with Gasteiger partial charge in [0.2, 0.25) is 0 Å². The topological polar surface area (TPSA) is 29.5 Å². The number of hydrogen-bond acceptors (Lipinski definition) is 2. The molecule has 0 spiro atoms. The molecule has 0 bridgehead atoms. The van der Waals surface area contributed by atoms with Crippen LogP contribution in [-0.4, -0.2) is 56.6 Å². The second-order valence-electron chi connectivity index (χ2n) is 7.38. The Labute approximate surface area is 133 Å². The van der Waals surface area contributed by atoms with Crippen molar-refractivity contribution in [3.05, 3.63) is 0 Å². The van der Waals surface area contributed by atoms with Crippen LogP contribution in [-0.2, 0) is 4.74 Å². The summed E-state index contributed by atoms with van der Waals surface area (Å²) < 4.78 is 6.33. The van der Waals surface area contributed by atoms with Crippen LogP contribution >= 0.6 is 0 Å². The Morgan fingerprint density at radius 1 is 0.810 bits per heavy atom. The van der Waals surface area contributed by atoms with Gasteiger partial charge < -0.3 is 14.3 Å². The van der Waals surface area contributed by atoms with Crippen LogP contribution in [0.2, 0.25) is 0 Å². The molecule has 1 unspecified atom stereocenters. The van der Waals surface area contributed by atoms with Crippen molar-refractivity contribution in [2.24, 2.45) is 0 Å². The molecule has 21 heavy (non-hydrogen) atoms. The Bertz CT molecular complexity index is 214. The normalized spacial score (nSPS) is 13.6. The summed E-state index contributed by atoms with van der Waals surface area (Å²) in [7, 11) is 6.27. The highest BCUT2D eigenvalue weighted by atomic mass is 16.5. The molecule has 1 atom stereocenters. The molecule has 3 heteroatoms. The summed E-state index contributed by atoms with van der Waals surface area (Å²) in [6.45, 7) is 4.29. The van der Waals surface area contributed by atoms with Gasteiger partial charge in [0.1, 0.15) is 12.6 Å². The van der Waals surface area contributed by atoms with Gasteiger partial charge in [0.25, 0.3) is 0 Å². The molecule has 0 saturated carbocycles. The Balaban J connectivity index is 3.15. The smallest absolute Gasteiger partial charge is 0.126 e. The van der Waals surface area contributed by atoms with Crippen LogP contribution in [0.5, 0.6) is 0 Å². The standard InChI is InChI=1S/C18H40NO2/c1-5-6-7-8-9-10-11-12-13-14-15-21-17-18(20)16-19(2,3)4/h18,20H,5-17H2,1-4H3/q+1. The zero-order chi connectivity index (χ0) is 16.0. The average Bonchev–Trinajstić information content (AvgIpc) is 2.38. The van der Waals surface area contributed by atoms with Crippen molar-refractivity contribution in [1.29, 1.82) is 0 Å². The lowest BCUT2D eigenvalue weighted by Gasteiger charge is -2.26. The molecule has 0 fully saturated rings. The summed E-state index contributed by atoms with van der Waals surface area (Å²) in [5.41, 5.74) is 0. The second-order valence-corrected chi connectivity index (χ2v) is 7.38. The van der Waals surface area contributed by atoms with Crippen LogP contribution in [0, 0.1) is 0 Å². The number of aliphatic hydroxyl groups excluding tert-OH is 1. The zero-order valence-electron chi connectivity index (χ0n) is 15.1. The van der Waals surface area contributed by atoms with Gasteiger partial charge >= 0.3 is 0 Å². The largest absolute Gasteiger partial charge is 0.385 e. The van der Waals surface area contributed by atoms with E-state index in [0.717, 1.165) is 24.1 Å². The van der Waals surface area contributed by atoms with Gasteiger partial charge in [-0.15, -0.1) is 0 Å². The van der Waals surface area contributed by atoms with E-state index in [4.69, 9.17) is 4.74 Å². The Hall–Kier alpha value is -0.120. The van der Waals surface area contributed by atoms with E-state index in [1.54, 1.807) is 0 Å². The molecule has 0 aliphatic heterocycles. The summed E-state index contributed by atoms with van der Waals surface area (Å²) >= 11 is 0. The molecule has 0 saturated heterocycles. The molecule has 0 amide bonds. The summed E-state index contributed by atoms with van der Waals surface area (Å²) in [5.74, 6) is 0. The highest BCUT2D eigenvalue weighted by Crippen LogP contribution is 2.10. The van der Waals surface area contributed by atoms with Crippen LogP contribution in [0.15, 0.2) is 0 Å². The molecule has 3 nitrogen and oxygen atoms in total. The lowest BCUT2D eigenvalue weighted by Crippen LogP contribution is -2.43. The predicted molar refractivity (Wildman–Crippen MR) is 91.6 cm³/mol. The third kappa shape index (κ3) is 17.8. The number of nitrogens with zero attached hydrogens (tertiary/aromatic N) is 1. The number of ether oxygens (including phenoxy) is 1. The minimum atomic E-state index is -0.340. The number of rotatable bonds is 15. The molecular weight excluding hydrogens is 262 g/mol. The fourth-order valence-corrected chi connectivity index (χ4v) is 2.60.